The van der Waals surface area contributed by atoms with E-state index in [0.29, 0.717) is 0 Å². The maximum Gasteiger partial charge on any atom is 0.102 e. The van der Waals surface area contributed by atoms with E-state index in [0.717, 1.165) is 16.3 Å². The molecule has 1 atom stereocenters. The Kier molecular flexibility index (Phi) is 4.39. The number of aliphatic hydroxyl groups excluding tert-OH is 1. The summed E-state index contributed by atoms with van der Waals surface area (Å²) in [7, 11) is 0. The Morgan fingerprint density at radius 1 is 1.28 bits per heavy atom. The van der Waals surface area contributed by atoms with Crippen molar-refractivity contribution in [1.29, 1.82) is 0 Å². The fraction of sp³-hybridized carbons (Fsp3) is 0.267. The second-order valence-corrected chi connectivity index (χ2v) is 5.32. The van der Waals surface area contributed by atoms with E-state index in [-0.39, 0.29) is 0 Å². The van der Waals surface area contributed by atoms with Crippen molar-refractivity contribution in [2.24, 2.45) is 0 Å². The number of aryl methyl sites for hydroxylation is 1. The standard InChI is InChI=1S/C15H17NOS/c1-11-5-3-6-13(9-11)10-18-15-14(12(2)17)7-4-8-16-15/h3-9,12,17H,10H2,1-2H3. The fourth-order valence-corrected chi connectivity index (χ4v) is 2.82. The van der Waals surface area contributed by atoms with Gasteiger partial charge in [-0.25, -0.2) is 4.98 Å². The molecule has 0 amide bonds. The van der Waals surface area contributed by atoms with Gasteiger partial charge in [-0.3, -0.25) is 0 Å². The van der Waals surface area contributed by atoms with Crippen LogP contribution in [0.15, 0.2) is 47.6 Å². The number of nitrogens with zero attached hydrogens (tertiary/aromatic N) is 1. The Morgan fingerprint density at radius 3 is 2.83 bits per heavy atom. The molecule has 0 bridgehead atoms. The first-order valence-electron chi connectivity index (χ1n) is 5.98. The average molecular weight is 259 g/mol. The van der Waals surface area contributed by atoms with Crippen LogP contribution in [0.3, 0.4) is 0 Å². The minimum atomic E-state index is -0.473. The molecule has 2 rings (SSSR count). The Labute approximate surface area is 112 Å². The lowest BCUT2D eigenvalue weighted by molar-refractivity contribution is 0.195. The molecule has 18 heavy (non-hydrogen) atoms. The minimum Gasteiger partial charge on any atom is -0.389 e. The molecule has 0 saturated heterocycles. The second kappa shape index (κ2) is 6.03. The summed E-state index contributed by atoms with van der Waals surface area (Å²) in [5.74, 6) is 0.873. The van der Waals surface area contributed by atoms with Crippen molar-refractivity contribution >= 4 is 11.8 Å². The smallest absolute Gasteiger partial charge is 0.102 e. The number of rotatable bonds is 4. The Bertz CT molecular complexity index is 525. The molecule has 94 valence electrons. The van der Waals surface area contributed by atoms with Crippen LogP contribution in [0.2, 0.25) is 0 Å². The van der Waals surface area contributed by atoms with Crippen molar-refractivity contribution < 1.29 is 5.11 Å². The third kappa shape index (κ3) is 3.34. The zero-order valence-corrected chi connectivity index (χ0v) is 11.4. The van der Waals surface area contributed by atoms with E-state index >= 15 is 0 Å². The first kappa shape index (κ1) is 13.1. The molecule has 0 aliphatic rings. The van der Waals surface area contributed by atoms with Gasteiger partial charge in [0.1, 0.15) is 5.03 Å². The molecular weight excluding hydrogens is 242 g/mol. The molecule has 1 heterocycles. The van der Waals surface area contributed by atoms with Crippen molar-refractivity contribution in [3.8, 4) is 0 Å². The molecule has 2 nitrogen and oxygen atoms in total. The Morgan fingerprint density at radius 2 is 2.11 bits per heavy atom. The normalized spacial score (nSPS) is 12.4. The Balaban J connectivity index is 2.11. The van der Waals surface area contributed by atoms with Crippen LogP contribution >= 0.6 is 11.8 Å². The van der Waals surface area contributed by atoms with Crippen LogP contribution in [-0.4, -0.2) is 10.1 Å². The summed E-state index contributed by atoms with van der Waals surface area (Å²) in [5.41, 5.74) is 3.45. The number of hydrogen-bond acceptors (Lipinski definition) is 3. The molecule has 3 heteroatoms. The zero-order valence-electron chi connectivity index (χ0n) is 10.6. The molecule has 2 aromatic rings. The molecule has 0 aliphatic heterocycles. The SMILES string of the molecule is Cc1cccc(CSc2ncccc2C(C)O)c1. The number of benzene rings is 1. The largest absolute Gasteiger partial charge is 0.389 e. The lowest BCUT2D eigenvalue weighted by Gasteiger charge is -2.10. The van der Waals surface area contributed by atoms with Gasteiger partial charge in [0.2, 0.25) is 0 Å². The van der Waals surface area contributed by atoms with Gasteiger partial charge >= 0.3 is 0 Å². The lowest BCUT2D eigenvalue weighted by Crippen LogP contribution is -1.96. The van der Waals surface area contributed by atoms with E-state index in [9.17, 15) is 5.11 Å². The topological polar surface area (TPSA) is 33.1 Å². The summed E-state index contributed by atoms with van der Waals surface area (Å²) in [6.45, 7) is 3.86. The van der Waals surface area contributed by atoms with Gasteiger partial charge in [-0.1, -0.05) is 35.9 Å². The van der Waals surface area contributed by atoms with Crippen LogP contribution in [0.1, 0.15) is 29.7 Å². The number of aliphatic hydroxyl groups is 1. The van der Waals surface area contributed by atoms with Crippen molar-refractivity contribution in [2.75, 3.05) is 0 Å². The van der Waals surface area contributed by atoms with E-state index in [1.807, 2.05) is 12.1 Å². The van der Waals surface area contributed by atoms with Crippen LogP contribution in [0, 0.1) is 6.92 Å². The third-order valence-electron chi connectivity index (χ3n) is 2.71. The van der Waals surface area contributed by atoms with Crippen molar-refractivity contribution in [1.82, 2.24) is 4.98 Å². The summed E-state index contributed by atoms with van der Waals surface area (Å²) in [6, 6.07) is 12.2. The summed E-state index contributed by atoms with van der Waals surface area (Å²) in [6.07, 6.45) is 1.29. The predicted molar refractivity (Wildman–Crippen MR) is 75.6 cm³/mol. The molecule has 1 N–H and O–H groups in total. The zero-order chi connectivity index (χ0) is 13.0. The summed E-state index contributed by atoms with van der Waals surface area (Å²) in [4.78, 5) is 4.34. The molecule has 0 saturated carbocycles. The maximum absolute atomic E-state index is 9.69. The van der Waals surface area contributed by atoms with Crippen LogP contribution < -0.4 is 0 Å². The first-order valence-corrected chi connectivity index (χ1v) is 6.96. The molecule has 0 radical (unpaired) electrons. The lowest BCUT2D eigenvalue weighted by atomic mass is 10.2. The van der Waals surface area contributed by atoms with E-state index < -0.39 is 6.10 Å². The third-order valence-corrected chi connectivity index (χ3v) is 3.80. The maximum atomic E-state index is 9.69. The minimum absolute atomic E-state index is 0.473. The molecule has 1 aromatic carbocycles. The predicted octanol–water partition coefficient (Wildman–Crippen LogP) is 3.74. The van der Waals surface area contributed by atoms with Gasteiger partial charge in [-0.2, -0.15) is 0 Å². The van der Waals surface area contributed by atoms with E-state index in [1.165, 1.54) is 11.1 Å². The van der Waals surface area contributed by atoms with Crippen LogP contribution in [-0.2, 0) is 5.75 Å². The first-order chi connectivity index (χ1) is 8.66. The summed E-state index contributed by atoms with van der Waals surface area (Å²) >= 11 is 1.67. The second-order valence-electron chi connectivity index (χ2n) is 4.35. The molecule has 0 fully saturated rings. The number of thioether (sulfide) groups is 1. The van der Waals surface area contributed by atoms with Crippen LogP contribution in [0.5, 0.6) is 0 Å². The van der Waals surface area contributed by atoms with Crippen molar-refractivity contribution in [2.45, 2.75) is 30.7 Å². The van der Waals surface area contributed by atoms with Gasteiger partial charge in [0.05, 0.1) is 6.10 Å². The van der Waals surface area contributed by atoms with Crippen LogP contribution in [0.4, 0.5) is 0 Å². The van der Waals surface area contributed by atoms with Crippen molar-refractivity contribution in [3.05, 3.63) is 59.3 Å². The summed E-state index contributed by atoms with van der Waals surface area (Å²) < 4.78 is 0. The van der Waals surface area contributed by atoms with Gasteiger partial charge in [-0.05, 0) is 25.5 Å². The number of hydrogen-bond donors (Lipinski definition) is 1. The molecule has 1 unspecified atom stereocenters. The highest BCUT2D eigenvalue weighted by molar-refractivity contribution is 7.98. The fourth-order valence-electron chi connectivity index (χ4n) is 1.80. The number of aromatic nitrogens is 1. The van der Waals surface area contributed by atoms with E-state index in [2.05, 4.69) is 36.2 Å². The highest BCUT2D eigenvalue weighted by Gasteiger charge is 2.09. The highest BCUT2D eigenvalue weighted by Crippen LogP contribution is 2.27. The monoisotopic (exact) mass is 259 g/mol. The molecule has 1 aromatic heterocycles. The molecule has 0 spiro atoms. The number of pyridine rings is 1. The summed E-state index contributed by atoms with van der Waals surface area (Å²) in [5, 5.41) is 10.6. The quantitative estimate of drug-likeness (QED) is 0.849. The van der Waals surface area contributed by atoms with Gasteiger partial charge in [0.25, 0.3) is 0 Å². The molecule has 0 aliphatic carbocycles. The van der Waals surface area contributed by atoms with E-state index in [1.54, 1.807) is 24.9 Å². The molecular formula is C15H17NOS. The van der Waals surface area contributed by atoms with Gasteiger partial charge < -0.3 is 5.11 Å². The van der Waals surface area contributed by atoms with Crippen molar-refractivity contribution in [3.63, 3.8) is 0 Å². The van der Waals surface area contributed by atoms with Gasteiger partial charge in [-0.15, -0.1) is 11.8 Å². The highest BCUT2D eigenvalue weighted by atomic mass is 32.2. The van der Waals surface area contributed by atoms with Gasteiger partial charge in [0, 0.05) is 17.5 Å². The van der Waals surface area contributed by atoms with Crippen LogP contribution in [0.25, 0.3) is 0 Å². The Hall–Kier alpha value is -1.32. The van der Waals surface area contributed by atoms with E-state index in [4.69, 9.17) is 0 Å². The average Bonchev–Trinajstić information content (AvgIpc) is 2.37. The van der Waals surface area contributed by atoms with Gasteiger partial charge in [0.15, 0.2) is 0 Å².